The van der Waals surface area contributed by atoms with Gasteiger partial charge in [0, 0.05) is 11.8 Å². The van der Waals surface area contributed by atoms with Crippen LogP contribution in [0.3, 0.4) is 0 Å². The van der Waals surface area contributed by atoms with E-state index in [0.29, 0.717) is 0 Å². The maximum atomic E-state index is 11.2. The maximum absolute atomic E-state index is 11.2. The second kappa shape index (κ2) is 3.79. The topological polar surface area (TPSA) is 79.9 Å². The van der Waals surface area contributed by atoms with Crippen LogP contribution in [0.15, 0.2) is 28.0 Å². The van der Waals surface area contributed by atoms with Crippen LogP contribution in [0, 0.1) is 0 Å². The van der Waals surface area contributed by atoms with Crippen LogP contribution in [0.2, 0.25) is 0 Å². The van der Waals surface area contributed by atoms with Gasteiger partial charge in [-0.25, -0.2) is 8.42 Å². The van der Waals surface area contributed by atoms with Crippen molar-refractivity contribution in [1.82, 2.24) is 0 Å². The molecule has 0 amide bonds. The first kappa shape index (κ1) is 10.4. The Labute approximate surface area is 87.4 Å². The first-order valence-corrected chi connectivity index (χ1v) is 6.33. The summed E-state index contributed by atoms with van der Waals surface area (Å²) in [6.07, 6.45) is 3.62. The second-order valence-corrected chi connectivity index (χ2v) is 5.70. The number of aliphatic hydroxyl groups excluding tert-OH is 1. The molecule has 1 aliphatic heterocycles. The summed E-state index contributed by atoms with van der Waals surface area (Å²) in [5, 5.41) is 9.44. The molecule has 2 heterocycles. The van der Waals surface area contributed by atoms with Gasteiger partial charge in [-0.2, -0.15) is 0 Å². The van der Waals surface area contributed by atoms with Crippen LogP contribution in [0.4, 0.5) is 0 Å². The van der Waals surface area contributed by atoms with Gasteiger partial charge in [0.25, 0.3) is 0 Å². The lowest BCUT2D eigenvalue weighted by Crippen LogP contribution is -2.21. The maximum Gasteiger partial charge on any atom is 0.155 e. The summed E-state index contributed by atoms with van der Waals surface area (Å²) in [5.74, 6) is -0.275. The van der Waals surface area contributed by atoms with Gasteiger partial charge >= 0.3 is 0 Å². The van der Waals surface area contributed by atoms with Crippen molar-refractivity contribution in [1.29, 1.82) is 0 Å². The summed E-state index contributed by atoms with van der Waals surface area (Å²) in [6.45, 7) is 0. The van der Waals surface area contributed by atoms with E-state index in [9.17, 15) is 13.5 Å². The minimum Gasteiger partial charge on any atom is -0.472 e. The molecule has 82 valence electrons. The zero-order chi connectivity index (χ0) is 10.9. The average Bonchev–Trinajstić information content (AvgIpc) is 2.70. The summed E-state index contributed by atoms with van der Waals surface area (Å²) in [7, 11) is -3.12. The molecule has 0 aromatic carbocycles. The lowest BCUT2D eigenvalue weighted by molar-refractivity contribution is 0.184. The van der Waals surface area contributed by atoms with Crippen LogP contribution in [0.5, 0.6) is 0 Å². The second-order valence-electron chi connectivity index (χ2n) is 3.55. The fourth-order valence-electron chi connectivity index (χ4n) is 1.48. The number of rotatable bonds is 2. The number of sulfone groups is 1. The Morgan fingerprint density at radius 3 is 2.87 bits per heavy atom. The monoisotopic (exact) mass is 229 g/mol. The van der Waals surface area contributed by atoms with Crippen LogP contribution in [-0.2, 0) is 9.84 Å². The van der Waals surface area contributed by atoms with Crippen molar-refractivity contribution in [3.05, 3.63) is 24.2 Å². The summed E-state index contributed by atoms with van der Waals surface area (Å²) in [4.78, 5) is 4.03. The molecule has 1 fully saturated rings. The number of aliphatic hydroxyl groups is 1. The highest BCUT2D eigenvalue weighted by molar-refractivity contribution is 7.91. The number of nitrogens with zero attached hydrogens (tertiary/aromatic N) is 1. The number of hydrogen-bond donors (Lipinski definition) is 1. The molecule has 1 saturated heterocycles. The Kier molecular flexibility index (Phi) is 2.62. The Balaban J connectivity index is 2.08. The number of aliphatic imine (C=N–C) groups is 1. The van der Waals surface area contributed by atoms with Gasteiger partial charge in [0.15, 0.2) is 9.84 Å². The van der Waals surface area contributed by atoms with E-state index < -0.39 is 22.0 Å². The van der Waals surface area contributed by atoms with Gasteiger partial charge in [-0.1, -0.05) is 0 Å². The van der Waals surface area contributed by atoms with Crippen molar-refractivity contribution >= 4 is 16.1 Å². The Bertz CT molecular complexity index is 448. The predicted octanol–water partition coefficient (Wildman–Crippen LogP) is -0.144. The molecule has 0 unspecified atom stereocenters. The summed E-state index contributed by atoms with van der Waals surface area (Å²) in [6, 6.07) is 1.16. The van der Waals surface area contributed by atoms with Gasteiger partial charge < -0.3 is 9.52 Å². The van der Waals surface area contributed by atoms with Crippen LogP contribution < -0.4 is 0 Å². The largest absolute Gasteiger partial charge is 0.472 e. The fourth-order valence-corrected chi connectivity index (χ4v) is 3.19. The molecule has 5 nitrogen and oxygen atoms in total. The molecular weight excluding hydrogens is 218 g/mol. The lowest BCUT2D eigenvalue weighted by Gasteiger charge is -2.04. The van der Waals surface area contributed by atoms with E-state index in [1.807, 2.05) is 0 Å². The minimum absolute atomic E-state index is 0.0808. The zero-order valence-corrected chi connectivity index (χ0v) is 8.72. The van der Waals surface area contributed by atoms with Gasteiger partial charge in [0.05, 0.1) is 36.2 Å². The van der Waals surface area contributed by atoms with E-state index in [-0.39, 0.29) is 11.5 Å². The molecule has 0 saturated carbocycles. The highest BCUT2D eigenvalue weighted by Gasteiger charge is 2.35. The molecule has 1 aromatic heterocycles. The lowest BCUT2D eigenvalue weighted by atomic mass is 10.2. The van der Waals surface area contributed by atoms with E-state index >= 15 is 0 Å². The Morgan fingerprint density at radius 1 is 1.53 bits per heavy atom. The molecule has 2 atom stereocenters. The van der Waals surface area contributed by atoms with Gasteiger partial charge in [0.2, 0.25) is 0 Å². The predicted molar refractivity (Wildman–Crippen MR) is 54.8 cm³/mol. The van der Waals surface area contributed by atoms with Crippen molar-refractivity contribution in [2.75, 3.05) is 11.5 Å². The molecule has 0 radical (unpaired) electrons. The normalized spacial score (nSPS) is 29.9. The molecule has 1 N–H and O–H groups in total. The Morgan fingerprint density at radius 2 is 2.33 bits per heavy atom. The van der Waals surface area contributed by atoms with Crippen molar-refractivity contribution in [2.45, 2.75) is 12.1 Å². The summed E-state index contributed by atoms with van der Waals surface area (Å²) in [5.41, 5.74) is 0.756. The fraction of sp³-hybridized carbons (Fsp3) is 0.444. The summed E-state index contributed by atoms with van der Waals surface area (Å²) < 4.78 is 27.1. The van der Waals surface area contributed by atoms with Crippen LogP contribution in [0.25, 0.3) is 0 Å². The summed E-state index contributed by atoms with van der Waals surface area (Å²) >= 11 is 0. The van der Waals surface area contributed by atoms with Gasteiger partial charge in [-0.15, -0.1) is 0 Å². The SMILES string of the molecule is O=S1(=O)C[C@@H](O)[C@@H](N=Cc2ccoc2)C1. The van der Waals surface area contributed by atoms with Crippen molar-refractivity contribution in [3.63, 3.8) is 0 Å². The third-order valence-electron chi connectivity index (χ3n) is 2.25. The van der Waals surface area contributed by atoms with Gasteiger partial charge in [-0.05, 0) is 6.07 Å². The molecule has 15 heavy (non-hydrogen) atoms. The van der Waals surface area contributed by atoms with Crippen LogP contribution in [-0.4, -0.2) is 43.4 Å². The van der Waals surface area contributed by atoms with E-state index in [4.69, 9.17) is 4.42 Å². The van der Waals surface area contributed by atoms with Crippen molar-refractivity contribution in [3.8, 4) is 0 Å². The third kappa shape index (κ3) is 2.45. The smallest absolute Gasteiger partial charge is 0.155 e. The van der Waals surface area contributed by atoms with Crippen molar-refractivity contribution < 1.29 is 17.9 Å². The number of furan rings is 1. The van der Waals surface area contributed by atoms with Crippen LogP contribution >= 0.6 is 0 Å². The van der Waals surface area contributed by atoms with Crippen molar-refractivity contribution in [2.24, 2.45) is 4.99 Å². The standard InChI is InChI=1S/C9H11NO4S/c11-9-6-15(12,13)5-8(9)10-3-7-1-2-14-4-7/h1-4,8-9,11H,5-6H2/t8-,9+/m0/s1. The first-order valence-electron chi connectivity index (χ1n) is 4.51. The number of hydrogen-bond acceptors (Lipinski definition) is 5. The Hall–Kier alpha value is -1.14. The van der Waals surface area contributed by atoms with E-state index in [2.05, 4.69) is 4.99 Å². The minimum atomic E-state index is -3.12. The highest BCUT2D eigenvalue weighted by atomic mass is 32.2. The molecule has 6 heteroatoms. The molecule has 0 bridgehead atoms. The van der Waals surface area contributed by atoms with Gasteiger partial charge in [0.1, 0.15) is 0 Å². The quantitative estimate of drug-likeness (QED) is 0.715. The average molecular weight is 229 g/mol. The molecule has 1 aliphatic rings. The van der Waals surface area contributed by atoms with E-state index in [1.54, 1.807) is 6.07 Å². The molecule has 1 aromatic rings. The molecule has 2 rings (SSSR count). The molecular formula is C9H11NO4S. The van der Waals surface area contributed by atoms with Crippen LogP contribution in [0.1, 0.15) is 5.56 Å². The molecule has 0 spiro atoms. The molecule has 0 aliphatic carbocycles. The first-order chi connectivity index (χ1) is 7.07. The third-order valence-corrected chi connectivity index (χ3v) is 3.95. The van der Waals surface area contributed by atoms with Gasteiger partial charge in [-0.3, -0.25) is 4.99 Å². The highest BCUT2D eigenvalue weighted by Crippen LogP contribution is 2.15. The zero-order valence-electron chi connectivity index (χ0n) is 7.91. The van der Waals surface area contributed by atoms with E-state index in [1.165, 1.54) is 18.7 Å². The van der Waals surface area contributed by atoms with E-state index in [0.717, 1.165) is 5.56 Å².